The molecule has 0 fully saturated rings. The van der Waals surface area contributed by atoms with Gasteiger partial charge < -0.3 is 14.6 Å². The highest BCUT2D eigenvalue weighted by Gasteiger charge is 2.27. The van der Waals surface area contributed by atoms with Crippen molar-refractivity contribution < 1.29 is 14.6 Å². The Bertz CT molecular complexity index is 443. The Morgan fingerprint density at radius 2 is 1.45 bits per heavy atom. The molecule has 126 valence electrons. The summed E-state index contributed by atoms with van der Waals surface area (Å²) in [7, 11) is 1.64. The van der Waals surface area contributed by atoms with E-state index in [1.807, 2.05) is 0 Å². The Morgan fingerprint density at radius 1 is 0.955 bits per heavy atom. The average Bonchev–Trinajstić information content (AvgIpc) is 2.40. The van der Waals surface area contributed by atoms with Crippen molar-refractivity contribution in [3.05, 3.63) is 28.8 Å². The third-order valence-corrected chi connectivity index (χ3v) is 3.71. The number of ether oxygens (including phenoxy) is 2. The summed E-state index contributed by atoms with van der Waals surface area (Å²) in [5.41, 5.74) is 3.62. The fourth-order valence-corrected chi connectivity index (χ4v) is 2.50. The molecule has 0 aliphatic rings. The molecule has 0 saturated carbocycles. The number of aryl methyl sites for hydroxylation is 1. The van der Waals surface area contributed by atoms with Crippen LogP contribution in [0.4, 0.5) is 0 Å². The van der Waals surface area contributed by atoms with Gasteiger partial charge in [-0.15, -0.1) is 0 Å². The molecule has 0 saturated heterocycles. The van der Waals surface area contributed by atoms with Gasteiger partial charge in [-0.2, -0.15) is 0 Å². The van der Waals surface area contributed by atoms with Crippen molar-refractivity contribution >= 4 is 0 Å². The molecule has 1 N–H and O–H groups in total. The van der Waals surface area contributed by atoms with Gasteiger partial charge in [-0.05, 0) is 29.2 Å². The van der Waals surface area contributed by atoms with Crippen LogP contribution in [0.25, 0.3) is 0 Å². The van der Waals surface area contributed by atoms with Gasteiger partial charge in [0, 0.05) is 24.8 Å². The maximum Gasteiger partial charge on any atom is 0.188 e. The van der Waals surface area contributed by atoms with Crippen LogP contribution in [0, 0.1) is 0 Å². The van der Waals surface area contributed by atoms with Crippen LogP contribution in [0.5, 0.6) is 5.75 Å². The SMILES string of the molecule is COCOc1c(C(C)(C)C)cc(CCCO)cc1C(C)(C)C. The molecule has 0 aliphatic carbocycles. The lowest BCUT2D eigenvalue weighted by Gasteiger charge is -2.30. The van der Waals surface area contributed by atoms with E-state index in [0.29, 0.717) is 0 Å². The van der Waals surface area contributed by atoms with Gasteiger partial charge in [-0.3, -0.25) is 0 Å². The number of benzene rings is 1. The van der Waals surface area contributed by atoms with Gasteiger partial charge in [0.2, 0.25) is 0 Å². The maximum absolute atomic E-state index is 9.12. The fraction of sp³-hybridized carbons (Fsp3) is 0.684. The molecule has 3 heteroatoms. The summed E-state index contributed by atoms with van der Waals surface area (Å²) in [4.78, 5) is 0. The molecule has 0 spiro atoms. The lowest BCUT2D eigenvalue weighted by Crippen LogP contribution is -2.21. The smallest absolute Gasteiger partial charge is 0.188 e. The second-order valence-corrected chi connectivity index (χ2v) is 7.90. The number of rotatable bonds is 6. The predicted molar refractivity (Wildman–Crippen MR) is 91.8 cm³/mol. The molecule has 1 aromatic carbocycles. The molecule has 22 heavy (non-hydrogen) atoms. The Kier molecular flexibility index (Phi) is 6.45. The minimum Gasteiger partial charge on any atom is -0.467 e. The normalized spacial score (nSPS) is 12.5. The molecule has 0 heterocycles. The third kappa shape index (κ3) is 4.99. The molecule has 0 bridgehead atoms. The molecule has 0 radical (unpaired) electrons. The fourth-order valence-electron chi connectivity index (χ4n) is 2.50. The van der Waals surface area contributed by atoms with Crippen molar-refractivity contribution in [2.75, 3.05) is 20.5 Å². The van der Waals surface area contributed by atoms with Gasteiger partial charge in [-0.1, -0.05) is 53.7 Å². The molecule has 3 nitrogen and oxygen atoms in total. The van der Waals surface area contributed by atoms with Crippen LogP contribution in [-0.2, 0) is 22.0 Å². The van der Waals surface area contributed by atoms with Crippen LogP contribution in [0.2, 0.25) is 0 Å². The van der Waals surface area contributed by atoms with Crippen LogP contribution in [0.3, 0.4) is 0 Å². The van der Waals surface area contributed by atoms with Gasteiger partial charge in [0.05, 0.1) is 0 Å². The molecular weight excluding hydrogens is 276 g/mol. The lowest BCUT2D eigenvalue weighted by molar-refractivity contribution is 0.0484. The summed E-state index contributed by atoms with van der Waals surface area (Å²) in [6.45, 7) is 13.7. The second kappa shape index (κ2) is 7.47. The van der Waals surface area contributed by atoms with Crippen LogP contribution >= 0.6 is 0 Å². The second-order valence-electron chi connectivity index (χ2n) is 7.90. The number of aliphatic hydroxyl groups is 1. The monoisotopic (exact) mass is 308 g/mol. The van der Waals surface area contributed by atoms with Gasteiger partial charge in [0.25, 0.3) is 0 Å². The standard InChI is InChI=1S/C19H32O3/c1-18(2,3)15-11-14(9-8-10-20)12-16(19(4,5)6)17(15)22-13-21-7/h11-12,20H,8-10,13H2,1-7H3. The maximum atomic E-state index is 9.12. The first-order chi connectivity index (χ1) is 10.1. The van der Waals surface area contributed by atoms with Crippen molar-refractivity contribution in [1.29, 1.82) is 0 Å². The van der Waals surface area contributed by atoms with E-state index in [4.69, 9.17) is 14.6 Å². The summed E-state index contributed by atoms with van der Waals surface area (Å²) in [5, 5.41) is 9.12. The van der Waals surface area contributed by atoms with E-state index < -0.39 is 0 Å². The lowest BCUT2D eigenvalue weighted by atomic mass is 9.78. The molecule has 0 amide bonds. The van der Waals surface area contributed by atoms with Crippen LogP contribution in [0.1, 0.15) is 64.7 Å². The van der Waals surface area contributed by atoms with Crippen molar-refractivity contribution in [2.45, 2.75) is 65.2 Å². The van der Waals surface area contributed by atoms with E-state index in [1.165, 1.54) is 16.7 Å². The van der Waals surface area contributed by atoms with Gasteiger partial charge in [-0.25, -0.2) is 0 Å². The molecule has 0 aliphatic heterocycles. The van der Waals surface area contributed by atoms with Crippen LogP contribution < -0.4 is 4.74 Å². The molecular formula is C19H32O3. The van der Waals surface area contributed by atoms with Crippen molar-refractivity contribution in [1.82, 2.24) is 0 Å². The number of methoxy groups -OCH3 is 1. The Balaban J connectivity index is 3.47. The van der Waals surface area contributed by atoms with Crippen molar-refractivity contribution in [3.8, 4) is 5.75 Å². The molecule has 0 aromatic heterocycles. The highest BCUT2D eigenvalue weighted by molar-refractivity contribution is 5.51. The van der Waals surface area contributed by atoms with Crippen LogP contribution in [-0.4, -0.2) is 25.6 Å². The Labute approximate surface area is 135 Å². The number of aliphatic hydroxyl groups excluding tert-OH is 1. The quantitative estimate of drug-likeness (QED) is 0.801. The van der Waals surface area contributed by atoms with E-state index in [0.717, 1.165) is 18.6 Å². The van der Waals surface area contributed by atoms with Crippen molar-refractivity contribution in [3.63, 3.8) is 0 Å². The Hall–Kier alpha value is -1.06. The molecule has 0 atom stereocenters. The predicted octanol–water partition coefficient (Wildman–Crippen LogP) is 4.19. The summed E-state index contributed by atoms with van der Waals surface area (Å²) in [5.74, 6) is 0.939. The summed E-state index contributed by atoms with van der Waals surface area (Å²) in [6, 6.07) is 4.44. The molecule has 1 aromatic rings. The van der Waals surface area contributed by atoms with E-state index >= 15 is 0 Å². The van der Waals surface area contributed by atoms with Crippen LogP contribution in [0.15, 0.2) is 12.1 Å². The zero-order valence-corrected chi connectivity index (χ0v) is 15.2. The van der Waals surface area contributed by atoms with Crippen molar-refractivity contribution in [2.24, 2.45) is 0 Å². The zero-order chi connectivity index (χ0) is 17.0. The first-order valence-corrected chi connectivity index (χ1v) is 8.01. The summed E-state index contributed by atoms with van der Waals surface area (Å²) in [6.07, 6.45) is 1.67. The largest absolute Gasteiger partial charge is 0.467 e. The number of hydrogen-bond acceptors (Lipinski definition) is 3. The Morgan fingerprint density at radius 3 is 1.82 bits per heavy atom. The highest BCUT2D eigenvalue weighted by atomic mass is 16.7. The first-order valence-electron chi connectivity index (χ1n) is 8.01. The minimum atomic E-state index is -0.0156. The summed E-state index contributed by atoms with van der Waals surface area (Å²) >= 11 is 0. The van der Waals surface area contributed by atoms with E-state index in [1.54, 1.807) is 7.11 Å². The van der Waals surface area contributed by atoms with E-state index in [2.05, 4.69) is 53.7 Å². The van der Waals surface area contributed by atoms with E-state index in [-0.39, 0.29) is 24.2 Å². The van der Waals surface area contributed by atoms with Gasteiger partial charge in [0.1, 0.15) is 5.75 Å². The third-order valence-electron chi connectivity index (χ3n) is 3.71. The average molecular weight is 308 g/mol. The zero-order valence-electron chi connectivity index (χ0n) is 15.2. The topological polar surface area (TPSA) is 38.7 Å². The molecule has 1 rings (SSSR count). The van der Waals surface area contributed by atoms with E-state index in [9.17, 15) is 0 Å². The van der Waals surface area contributed by atoms with Gasteiger partial charge in [0.15, 0.2) is 6.79 Å². The summed E-state index contributed by atoms with van der Waals surface area (Å²) < 4.78 is 11.1. The first kappa shape index (κ1) is 19.0. The molecule has 0 unspecified atom stereocenters. The highest BCUT2D eigenvalue weighted by Crippen LogP contribution is 2.41. The number of hydrogen-bond donors (Lipinski definition) is 1. The minimum absolute atomic E-state index is 0.0156. The van der Waals surface area contributed by atoms with Gasteiger partial charge >= 0.3 is 0 Å².